The summed E-state index contributed by atoms with van der Waals surface area (Å²) in [7, 11) is 0. The summed E-state index contributed by atoms with van der Waals surface area (Å²) in [6, 6.07) is 5.16. The predicted molar refractivity (Wildman–Crippen MR) is 76.9 cm³/mol. The summed E-state index contributed by atoms with van der Waals surface area (Å²) in [5.74, 6) is -1.80. The van der Waals surface area contributed by atoms with Crippen LogP contribution in [0.3, 0.4) is 0 Å². The van der Waals surface area contributed by atoms with Gasteiger partial charge in [-0.2, -0.15) is 0 Å². The molecule has 1 N–H and O–H groups in total. The van der Waals surface area contributed by atoms with E-state index in [0.717, 1.165) is 4.47 Å². The van der Waals surface area contributed by atoms with Crippen LogP contribution in [0.15, 0.2) is 22.7 Å². The van der Waals surface area contributed by atoms with Crippen LogP contribution in [-0.2, 0) is 9.59 Å². The van der Waals surface area contributed by atoms with Crippen LogP contribution in [0.2, 0.25) is 0 Å². The number of benzene rings is 1. The molecule has 20 heavy (non-hydrogen) atoms. The van der Waals surface area contributed by atoms with Gasteiger partial charge in [-0.1, -0.05) is 12.5 Å². The molecule has 1 aliphatic rings. The number of carboxylic acid groups (broad SMARTS) is 1. The molecular weight excluding hydrogens is 326 g/mol. The number of Topliss-reactive ketones (excluding diaryl/α,β-unsaturated/α-hetero) is 1. The van der Waals surface area contributed by atoms with Crippen molar-refractivity contribution >= 4 is 39.3 Å². The van der Waals surface area contributed by atoms with Crippen LogP contribution in [0.25, 0.3) is 0 Å². The lowest BCUT2D eigenvalue weighted by atomic mass is 10.1. The number of aliphatic carboxylic acids is 1. The van der Waals surface area contributed by atoms with E-state index in [-0.39, 0.29) is 6.42 Å². The van der Waals surface area contributed by atoms with Crippen LogP contribution in [0.5, 0.6) is 0 Å². The van der Waals surface area contributed by atoms with Gasteiger partial charge in [-0.3, -0.25) is 14.4 Å². The van der Waals surface area contributed by atoms with Crippen LogP contribution in [0.4, 0.5) is 5.69 Å². The number of carbonyl (C=O) groups is 3. The monoisotopic (exact) mass is 339 g/mol. The topological polar surface area (TPSA) is 74.7 Å². The smallest absolute Gasteiger partial charge is 0.303 e. The molecule has 0 spiro atoms. The van der Waals surface area contributed by atoms with E-state index >= 15 is 0 Å². The minimum absolute atomic E-state index is 0.132. The standard InChI is InChI=1S/C14H14BrNO4/c15-10-6-4-5-9-12(10)16(14(20)13(9)19)8-3-1-2-7-11(17)18/h4-6H,1-3,7-8H2,(H,17,18). The van der Waals surface area contributed by atoms with Gasteiger partial charge in [0.15, 0.2) is 0 Å². The highest BCUT2D eigenvalue weighted by Gasteiger charge is 2.36. The average Bonchev–Trinajstić information content (AvgIpc) is 2.64. The van der Waals surface area contributed by atoms with E-state index in [0.29, 0.717) is 37.1 Å². The molecule has 1 heterocycles. The Morgan fingerprint density at radius 1 is 1.20 bits per heavy atom. The molecule has 1 aliphatic heterocycles. The van der Waals surface area contributed by atoms with E-state index in [2.05, 4.69) is 15.9 Å². The van der Waals surface area contributed by atoms with Crippen molar-refractivity contribution in [2.45, 2.75) is 25.7 Å². The number of anilines is 1. The Kier molecular flexibility index (Phi) is 4.54. The van der Waals surface area contributed by atoms with E-state index < -0.39 is 17.7 Å². The van der Waals surface area contributed by atoms with Gasteiger partial charge in [-0.05, 0) is 40.9 Å². The Labute approximate surface area is 124 Å². The van der Waals surface area contributed by atoms with Gasteiger partial charge in [0.25, 0.3) is 11.7 Å². The fraction of sp³-hybridized carbons (Fsp3) is 0.357. The molecule has 0 aliphatic carbocycles. The molecule has 0 radical (unpaired) electrons. The molecule has 0 unspecified atom stereocenters. The van der Waals surface area contributed by atoms with Gasteiger partial charge < -0.3 is 10.0 Å². The molecular formula is C14H14BrNO4. The highest BCUT2D eigenvalue weighted by Crippen LogP contribution is 2.36. The van der Waals surface area contributed by atoms with Crippen molar-refractivity contribution in [3.05, 3.63) is 28.2 Å². The lowest BCUT2D eigenvalue weighted by Crippen LogP contribution is -2.30. The summed E-state index contributed by atoms with van der Waals surface area (Å²) >= 11 is 3.36. The maximum Gasteiger partial charge on any atom is 0.303 e. The Bertz CT molecular complexity index is 570. The number of unbranched alkanes of at least 4 members (excludes halogenated alkanes) is 2. The van der Waals surface area contributed by atoms with Crippen molar-refractivity contribution in [2.75, 3.05) is 11.4 Å². The molecule has 0 saturated heterocycles. The van der Waals surface area contributed by atoms with Crippen LogP contribution < -0.4 is 4.90 Å². The number of hydrogen-bond acceptors (Lipinski definition) is 3. The Balaban J connectivity index is 2.01. The second-order valence-corrected chi connectivity index (χ2v) is 5.48. The van der Waals surface area contributed by atoms with Crippen LogP contribution in [0.1, 0.15) is 36.0 Å². The Morgan fingerprint density at radius 2 is 1.95 bits per heavy atom. The zero-order valence-electron chi connectivity index (χ0n) is 10.8. The van der Waals surface area contributed by atoms with E-state index in [1.54, 1.807) is 18.2 Å². The lowest BCUT2D eigenvalue weighted by molar-refractivity contribution is -0.137. The molecule has 1 aromatic carbocycles. The lowest BCUT2D eigenvalue weighted by Gasteiger charge is -2.17. The first-order valence-corrected chi connectivity index (χ1v) is 7.18. The van der Waals surface area contributed by atoms with Crippen molar-refractivity contribution in [2.24, 2.45) is 0 Å². The summed E-state index contributed by atoms with van der Waals surface area (Å²) in [6.07, 6.45) is 2.10. The maximum atomic E-state index is 11.9. The summed E-state index contributed by atoms with van der Waals surface area (Å²) in [5.41, 5.74) is 1.05. The molecule has 6 heteroatoms. The van der Waals surface area contributed by atoms with E-state index in [9.17, 15) is 14.4 Å². The van der Waals surface area contributed by atoms with Crippen molar-refractivity contribution in [1.82, 2.24) is 0 Å². The predicted octanol–water partition coefficient (Wildman–Crippen LogP) is 2.62. The van der Waals surface area contributed by atoms with Gasteiger partial charge >= 0.3 is 5.97 Å². The second kappa shape index (κ2) is 6.17. The number of para-hydroxylation sites is 1. The van der Waals surface area contributed by atoms with Crippen LogP contribution in [0, 0.1) is 0 Å². The first-order valence-electron chi connectivity index (χ1n) is 6.39. The number of halogens is 1. The minimum atomic E-state index is -0.814. The normalized spacial score (nSPS) is 13.8. The minimum Gasteiger partial charge on any atom is -0.481 e. The fourth-order valence-electron chi connectivity index (χ4n) is 2.25. The van der Waals surface area contributed by atoms with Crippen molar-refractivity contribution in [1.29, 1.82) is 0 Å². The van der Waals surface area contributed by atoms with E-state index in [1.807, 2.05) is 0 Å². The molecule has 1 amide bonds. The zero-order valence-corrected chi connectivity index (χ0v) is 12.4. The summed E-state index contributed by atoms with van der Waals surface area (Å²) in [4.78, 5) is 35.7. The summed E-state index contributed by atoms with van der Waals surface area (Å²) < 4.78 is 0.722. The number of rotatable bonds is 6. The van der Waals surface area contributed by atoms with Crippen LogP contribution >= 0.6 is 15.9 Å². The van der Waals surface area contributed by atoms with Gasteiger partial charge in [-0.15, -0.1) is 0 Å². The number of carbonyl (C=O) groups excluding carboxylic acids is 2. The third kappa shape index (κ3) is 2.90. The third-order valence-electron chi connectivity index (χ3n) is 3.21. The summed E-state index contributed by atoms with van der Waals surface area (Å²) in [6.45, 7) is 0.430. The largest absolute Gasteiger partial charge is 0.481 e. The van der Waals surface area contributed by atoms with Gasteiger partial charge in [-0.25, -0.2) is 0 Å². The molecule has 0 fully saturated rings. The third-order valence-corrected chi connectivity index (χ3v) is 3.85. The number of fused-ring (bicyclic) bond motifs is 1. The number of nitrogens with zero attached hydrogens (tertiary/aromatic N) is 1. The van der Waals surface area contributed by atoms with Crippen molar-refractivity contribution in [3.63, 3.8) is 0 Å². The highest BCUT2D eigenvalue weighted by molar-refractivity contribution is 9.10. The zero-order chi connectivity index (χ0) is 14.7. The van der Waals surface area contributed by atoms with Gasteiger partial charge in [0.1, 0.15) is 0 Å². The molecule has 2 rings (SSSR count). The first kappa shape index (κ1) is 14.7. The summed E-state index contributed by atoms with van der Waals surface area (Å²) in [5, 5.41) is 8.55. The molecule has 0 atom stereocenters. The maximum absolute atomic E-state index is 11.9. The number of amides is 1. The molecule has 0 aromatic heterocycles. The average molecular weight is 340 g/mol. The quantitative estimate of drug-likeness (QED) is 0.638. The Morgan fingerprint density at radius 3 is 2.65 bits per heavy atom. The number of carboxylic acids is 1. The SMILES string of the molecule is O=C(O)CCCCCN1C(=O)C(=O)c2cccc(Br)c21. The van der Waals surface area contributed by atoms with Gasteiger partial charge in [0, 0.05) is 17.4 Å². The highest BCUT2D eigenvalue weighted by atomic mass is 79.9. The Hall–Kier alpha value is -1.69. The molecule has 1 aromatic rings. The number of ketones is 1. The number of hydrogen-bond donors (Lipinski definition) is 1. The molecule has 0 saturated carbocycles. The van der Waals surface area contributed by atoms with Gasteiger partial charge in [0.2, 0.25) is 0 Å². The molecule has 5 nitrogen and oxygen atoms in total. The van der Waals surface area contributed by atoms with E-state index in [1.165, 1.54) is 4.90 Å². The molecule has 106 valence electrons. The van der Waals surface area contributed by atoms with Crippen molar-refractivity contribution < 1.29 is 19.5 Å². The molecule has 0 bridgehead atoms. The fourth-order valence-corrected chi connectivity index (χ4v) is 2.83. The van der Waals surface area contributed by atoms with Gasteiger partial charge in [0.05, 0.1) is 11.3 Å². The first-order chi connectivity index (χ1) is 9.52. The van der Waals surface area contributed by atoms with Crippen molar-refractivity contribution in [3.8, 4) is 0 Å². The second-order valence-electron chi connectivity index (χ2n) is 4.63. The van der Waals surface area contributed by atoms with Crippen LogP contribution in [-0.4, -0.2) is 29.3 Å². The van der Waals surface area contributed by atoms with E-state index in [4.69, 9.17) is 5.11 Å².